The van der Waals surface area contributed by atoms with E-state index in [1.807, 2.05) is 17.5 Å². The molecule has 4 rings (SSSR count). The largest absolute Gasteiger partial charge is 0.360 e. The third-order valence-corrected chi connectivity index (χ3v) is 6.93. The summed E-state index contributed by atoms with van der Waals surface area (Å²) in [6, 6.07) is 8.87. The molecule has 9 heteroatoms. The zero-order valence-electron chi connectivity index (χ0n) is 14.7. The lowest BCUT2D eigenvalue weighted by Crippen LogP contribution is -2.28. The Hall–Kier alpha value is -2.65. The van der Waals surface area contributed by atoms with Crippen LogP contribution in [0.3, 0.4) is 0 Å². The van der Waals surface area contributed by atoms with Crippen molar-refractivity contribution in [2.75, 3.05) is 16.2 Å². The molecular weight excluding hydrogens is 386 g/mol. The molecule has 0 fully saturated rings. The number of benzene rings is 1. The number of fused-ring (bicyclic) bond motifs is 1. The van der Waals surface area contributed by atoms with Gasteiger partial charge in [0.1, 0.15) is 5.69 Å². The van der Waals surface area contributed by atoms with Gasteiger partial charge in [-0.25, -0.2) is 8.42 Å². The second-order valence-corrected chi connectivity index (χ2v) is 8.85. The zero-order valence-corrected chi connectivity index (χ0v) is 16.4. The van der Waals surface area contributed by atoms with Crippen LogP contribution < -0.4 is 9.62 Å². The highest BCUT2D eigenvalue weighted by molar-refractivity contribution is 7.92. The maximum Gasteiger partial charge on any atom is 0.268 e. The van der Waals surface area contributed by atoms with Gasteiger partial charge in [-0.1, -0.05) is 17.3 Å². The first kappa shape index (κ1) is 17.7. The standard InChI is InChI=1S/C18H17N3O4S2/c1-11-17(12(2)25-19-11)27(23,24)20-14-6-5-13-7-8-21(15(13)10-14)18(22)16-4-3-9-26-16/h3-6,9-10,20H,7-8H2,1-2H3. The first-order valence-corrected chi connectivity index (χ1v) is 10.7. The minimum atomic E-state index is -3.84. The molecule has 3 aromatic rings. The van der Waals surface area contributed by atoms with Crippen LogP contribution in [0, 0.1) is 13.8 Å². The molecule has 3 heterocycles. The molecule has 140 valence electrons. The molecule has 0 saturated heterocycles. The van der Waals surface area contributed by atoms with Crippen molar-refractivity contribution >= 4 is 38.6 Å². The molecule has 1 amide bonds. The van der Waals surface area contributed by atoms with Gasteiger partial charge in [0.25, 0.3) is 15.9 Å². The Kier molecular flexibility index (Phi) is 4.27. The van der Waals surface area contributed by atoms with Crippen molar-refractivity contribution in [3.63, 3.8) is 0 Å². The fourth-order valence-electron chi connectivity index (χ4n) is 3.25. The predicted octanol–water partition coefficient (Wildman–Crippen LogP) is 3.36. The fraction of sp³-hybridized carbons (Fsp3) is 0.222. The Bertz CT molecular complexity index is 1100. The number of anilines is 2. The Morgan fingerprint density at radius 1 is 1.30 bits per heavy atom. The summed E-state index contributed by atoms with van der Waals surface area (Å²) >= 11 is 1.39. The van der Waals surface area contributed by atoms with E-state index in [9.17, 15) is 13.2 Å². The number of hydrogen-bond acceptors (Lipinski definition) is 6. The fourth-order valence-corrected chi connectivity index (χ4v) is 5.30. The van der Waals surface area contributed by atoms with Crippen LogP contribution in [-0.2, 0) is 16.4 Å². The predicted molar refractivity (Wildman–Crippen MR) is 103 cm³/mol. The van der Waals surface area contributed by atoms with Gasteiger partial charge in [-0.2, -0.15) is 0 Å². The molecular formula is C18H17N3O4S2. The maximum absolute atomic E-state index is 12.7. The third kappa shape index (κ3) is 3.13. The topological polar surface area (TPSA) is 92.5 Å². The molecule has 27 heavy (non-hydrogen) atoms. The van der Waals surface area contributed by atoms with Crippen molar-refractivity contribution in [2.24, 2.45) is 0 Å². The van der Waals surface area contributed by atoms with Gasteiger partial charge in [-0.05, 0) is 49.4 Å². The number of sulfonamides is 1. The molecule has 1 N–H and O–H groups in total. The summed E-state index contributed by atoms with van der Waals surface area (Å²) in [5.41, 5.74) is 2.43. The van der Waals surface area contributed by atoms with Crippen molar-refractivity contribution in [3.05, 3.63) is 57.6 Å². The molecule has 0 unspecified atom stereocenters. The number of hydrogen-bond donors (Lipinski definition) is 1. The van der Waals surface area contributed by atoms with E-state index in [2.05, 4.69) is 9.88 Å². The second-order valence-electron chi connectivity index (χ2n) is 6.29. The summed E-state index contributed by atoms with van der Waals surface area (Å²) in [5, 5.41) is 5.56. The van der Waals surface area contributed by atoms with Crippen molar-refractivity contribution in [3.8, 4) is 0 Å². The number of carbonyl (C=O) groups is 1. The quantitative estimate of drug-likeness (QED) is 0.721. The Morgan fingerprint density at radius 3 is 2.78 bits per heavy atom. The van der Waals surface area contributed by atoms with Gasteiger partial charge in [-0.15, -0.1) is 11.3 Å². The van der Waals surface area contributed by atoms with Crippen molar-refractivity contribution < 1.29 is 17.7 Å². The van der Waals surface area contributed by atoms with Gasteiger partial charge in [-0.3, -0.25) is 9.52 Å². The van der Waals surface area contributed by atoms with Crippen molar-refractivity contribution in [2.45, 2.75) is 25.2 Å². The van der Waals surface area contributed by atoms with Crippen LogP contribution in [0.25, 0.3) is 0 Å². The van der Waals surface area contributed by atoms with Gasteiger partial charge in [0.15, 0.2) is 10.7 Å². The summed E-state index contributed by atoms with van der Waals surface area (Å²) in [4.78, 5) is 15.1. The molecule has 1 aliphatic heterocycles. The van der Waals surface area contributed by atoms with Crippen LogP contribution in [-0.4, -0.2) is 26.0 Å². The molecule has 0 radical (unpaired) electrons. The van der Waals surface area contributed by atoms with E-state index in [4.69, 9.17) is 4.52 Å². The number of rotatable bonds is 4. The third-order valence-electron chi connectivity index (χ3n) is 4.45. The Morgan fingerprint density at radius 2 is 2.11 bits per heavy atom. The van der Waals surface area contributed by atoms with Gasteiger partial charge in [0, 0.05) is 12.2 Å². The van der Waals surface area contributed by atoms with Crippen LogP contribution in [0.1, 0.15) is 26.7 Å². The van der Waals surface area contributed by atoms with Crippen LogP contribution in [0.2, 0.25) is 0 Å². The van der Waals surface area contributed by atoms with Crippen LogP contribution in [0.4, 0.5) is 11.4 Å². The minimum Gasteiger partial charge on any atom is -0.360 e. The molecule has 0 spiro atoms. The molecule has 2 aromatic heterocycles. The Labute approximate surface area is 160 Å². The van der Waals surface area contributed by atoms with E-state index >= 15 is 0 Å². The average molecular weight is 403 g/mol. The number of aromatic nitrogens is 1. The number of carbonyl (C=O) groups excluding carboxylic acids is 1. The van der Waals surface area contributed by atoms with E-state index in [1.54, 1.807) is 36.9 Å². The highest BCUT2D eigenvalue weighted by Crippen LogP contribution is 2.33. The SMILES string of the molecule is Cc1noc(C)c1S(=O)(=O)Nc1ccc2c(c1)N(C(=O)c1cccs1)CC2. The molecule has 1 aliphatic rings. The van der Waals surface area contributed by atoms with E-state index in [0.29, 0.717) is 22.8 Å². The van der Waals surface area contributed by atoms with E-state index in [0.717, 1.165) is 17.7 Å². The van der Waals surface area contributed by atoms with Crippen molar-refractivity contribution in [1.82, 2.24) is 5.16 Å². The van der Waals surface area contributed by atoms with Crippen LogP contribution in [0.5, 0.6) is 0 Å². The highest BCUT2D eigenvalue weighted by atomic mass is 32.2. The van der Waals surface area contributed by atoms with E-state index in [1.165, 1.54) is 11.3 Å². The first-order chi connectivity index (χ1) is 12.9. The summed E-state index contributed by atoms with van der Waals surface area (Å²) in [6.45, 7) is 3.71. The highest BCUT2D eigenvalue weighted by Gasteiger charge is 2.28. The van der Waals surface area contributed by atoms with Crippen LogP contribution in [0.15, 0.2) is 45.1 Å². The zero-order chi connectivity index (χ0) is 19.2. The number of nitrogens with zero attached hydrogens (tertiary/aromatic N) is 2. The van der Waals surface area contributed by atoms with Gasteiger partial charge >= 0.3 is 0 Å². The normalized spacial score (nSPS) is 13.6. The number of aryl methyl sites for hydroxylation is 2. The molecule has 0 saturated carbocycles. The van der Waals surface area contributed by atoms with E-state index < -0.39 is 10.0 Å². The van der Waals surface area contributed by atoms with Gasteiger partial charge < -0.3 is 9.42 Å². The summed E-state index contributed by atoms with van der Waals surface area (Å²) in [6.07, 6.45) is 0.739. The van der Waals surface area contributed by atoms with Crippen LogP contribution >= 0.6 is 11.3 Å². The molecule has 0 atom stereocenters. The average Bonchev–Trinajstić information content (AvgIpc) is 3.34. The lowest BCUT2D eigenvalue weighted by atomic mass is 10.1. The second kappa shape index (κ2) is 6.50. The number of nitrogens with one attached hydrogen (secondary N) is 1. The summed E-state index contributed by atoms with van der Waals surface area (Å²) in [5.74, 6) is 0.158. The molecule has 0 aliphatic carbocycles. The Balaban J connectivity index is 1.65. The first-order valence-electron chi connectivity index (χ1n) is 8.31. The molecule has 0 bridgehead atoms. The minimum absolute atomic E-state index is 0.0366. The van der Waals surface area contributed by atoms with E-state index in [-0.39, 0.29) is 16.6 Å². The number of amides is 1. The smallest absolute Gasteiger partial charge is 0.268 e. The lowest BCUT2D eigenvalue weighted by molar-refractivity contribution is 0.0993. The summed E-state index contributed by atoms with van der Waals surface area (Å²) < 4.78 is 33.0. The van der Waals surface area contributed by atoms with Crippen molar-refractivity contribution in [1.29, 1.82) is 0 Å². The number of thiophene rings is 1. The van der Waals surface area contributed by atoms with Gasteiger partial charge in [0.05, 0.1) is 10.6 Å². The maximum atomic E-state index is 12.7. The lowest BCUT2D eigenvalue weighted by Gasteiger charge is -2.17. The molecule has 1 aromatic carbocycles. The summed E-state index contributed by atoms with van der Waals surface area (Å²) in [7, 11) is -3.84. The molecule has 7 nitrogen and oxygen atoms in total. The van der Waals surface area contributed by atoms with Gasteiger partial charge in [0.2, 0.25) is 0 Å². The monoisotopic (exact) mass is 403 g/mol.